The van der Waals surface area contributed by atoms with E-state index in [1.54, 1.807) is 16.8 Å². The summed E-state index contributed by atoms with van der Waals surface area (Å²) >= 11 is 0. The molecular weight excluding hydrogens is 448 g/mol. The molecule has 0 spiro atoms. The average molecular weight is 477 g/mol. The van der Waals surface area contributed by atoms with Gasteiger partial charge in [-0.3, -0.25) is 24.6 Å². The highest BCUT2D eigenvalue weighted by Gasteiger charge is 2.24. The molecule has 4 rings (SSSR count). The van der Waals surface area contributed by atoms with Crippen LogP contribution in [-0.4, -0.2) is 75.6 Å². The number of piperazine rings is 1. The molecule has 1 aliphatic rings. The van der Waals surface area contributed by atoms with Gasteiger partial charge in [0.2, 0.25) is 11.8 Å². The van der Waals surface area contributed by atoms with E-state index in [0.29, 0.717) is 50.5 Å². The fourth-order valence-corrected chi connectivity index (χ4v) is 4.12. The first-order chi connectivity index (χ1) is 16.9. The summed E-state index contributed by atoms with van der Waals surface area (Å²) in [4.78, 5) is 39.5. The standard InChI is InChI=1S/C25H28N6O4/c1-2-26-23(32)18-28-12-14-29(15-13-28)24(33)16-20-17-30(21-6-4-3-5-7-21)27-25(20)19-8-10-22(11-9-19)31(34)35/h3-11,17H,2,12-16,18H2,1H3,(H,26,32). The molecule has 10 nitrogen and oxygen atoms in total. The van der Waals surface area contributed by atoms with Gasteiger partial charge < -0.3 is 10.2 Å². The molecule has 1 N–H and O–H groups in total. The monoisotopic (exact) mass is 476 g/mol. The van der Waals surface area contributed by atoms with Gasteiger partial charge in [0.25, 0.3) is 5.69 Å². The minimum absolute atomic E-state index is 0.000595. The number of non-ortho nitro benzene ring substituents is 1. The maximum atomic E-state index is 13.2. The molecule has 2 amide bonds. The van der Waals surface area contributed by atoms with Crippen LogP contribution in [0.15, 0.2) is 60.8 Å². The zero-order valence-corrected chi connectivity index (χ0v) is 19.6. The number of hydrogen-bond acceptors (Lipinski definition) is 6. The minimum Gasteiger partial charge on any atom is -0.355 e. The first-order valence-electron chi connectivity index (χ1n) is 11.6. The van der Waals surface area contributed by atoms with Crippen LogP contribution in [0.25, 0.3) is 16.9 Å². The van der Waals surface area contributed by atoms with E-state index in [9.17, 15) is 19.7 Å². The van der Waals surface area contributed by atoms with E-state index in [-0.39, 0.29) is 23.9 Å². The Kier molecular flexibility index (Phi) is 7.51. The number of hydrogen-bond donors (Lipinski definition) is 1. The van der Waals surface area contributed by atoms with Crippen molar-refractivity contribution in [1.29, 1.82) is 0 Å². The number of rotatable bonds is 8. The number of nitrogens with one attached hydrogen (secondary N) is 1. The van der Waals surface area contributed by atoms with E-state index < -0.39 is 4.92 Å². The lowest BCUT2D eigenvalue weighted by Gasteiger charge is -2.34. The predicted molar refractivity (Wildman–Crippen MR) is 131 cm³/mol. The number of nitrogens with zero attached hydrogens (tertiary/aromatic N) is 5. The maximum absolute atomic E-state index is 13.2. The topological polar surface area (TPSA) is 114 Å². The molecule has 0 unspecified atom stereocenters. The van der Waals surface area contributed by atoms with Crippen molar-refractivity contribution < 1.29 is 14.5 Å². The molecule has 10 heteroatoms. The highest BCUT2D eigenvalue weighted by Crippen LogP contribution is 2.26. The van der Waals surface area contributed by atoms with Gasteiger partial charge in [0.1, 0.15) is 0 Å². The molecule has 0 aliphatic carbocycles. The first-order valence-corrected chi connectivity index (χ1v) is 11.6. The highest BCUT2D eigenvalue weighted by atomic mass is 16.6. The van der Waals surface area contributed by atoms with Gasteiger partial charge in [-0.05, 0) is 31.2 Å². The second kappa shape index (κ2) is 10.9. The van der Waals surface area contributed by atoms with Crippen LogP contribution >= 0.6 is 0 Å². The zero-order valence-electron chi connectivity index (χ0n) is 19.6. The highest BCUT2D eigenvalue weighted by molar-refractivity contribution is 5.82. The van der Waals surface area contributed by atoms with Crippen molar-refractivity contribution in [2.45, 2.75) is 13.3 Å². The molecule has 0 radical (unpaired) electrons. The van der Waals surface area contributed by atoms with Crippen molar-refractivity contribution in [3.8, 4) is 16.9 Å². The Bertz CT molecular complexity index is 1180. The number of carbonyl (C=O) groups excluding carboxylic acids is 2. The van der Waals surface area contributed by atoms with Crippen molar-refractivity contribution in [2.75, 3.05) is 39.3 Å². The van der Waals surface area contributed by atoms with Crippen LogP contribution in [0, 0.1) is 10.1 Å². The van der Waals surface area contributed by atoms with Crippen LogP contribution in [-0.2, 0) is 16.0 Å². The third kappa shape index (κ3) is 5.90. The molecule has 0 atom stereocenters. The number of para-hydroxylation sites is 1. The van der Waals surface area contributed by atoms with Crippen molar-refractivity contribution in [2.24, 2.45) is 0 Å². The fraction of sp³-hybridized carbons (Fsp3) is 0.320. The number of nitro benzene ring substituents is 1. The van der Waals surface area contributed by atoms with Gasteiger partial charge >= 0.3 is 0 Å². The van der Waals surface area contributed by atoms with Crippen LogP contribution in [0.1, 0.15) is 12.5 Å². The van der Waals surface area contributed by atoms with Gasteiger partial charge in [-0.15, -0.1) is 0 Å². The molecule has 35 heavy (non-hydrogen) atoms. The Hall–Kier alpha value is -4.05. The number of likely N-dealkylation sites (N-methyl/N-ethyl adjacent to an activating group) is 1. The molecular formula is C25H28N6O4. The van der Waals surface area contributed by atoms with E-state index in [1.165, 1.54) is 12.1 Å². The molecule has 0 saturated carbocycles. The second-order valence-electron chi connectivity index (χ2n) is 8.37. The fourth-order valence-electron chi connectivity index (χ4n) is 4.12. The normalized spacial score (nSPS) is 14.0. The number of nitro groups is 1. The van der Waals surface area contributed by atoms with Crippen LogP contribution in [0.3, 0.4) is 0 Å². The minimum atomic E-state index is -0.442. The lowest BCUT2D eigenvalue weighted by Crippen LogP contribution is -2.51. The quantitative estimate of drug-likeness (QED) is 0.394. The Labute approximate surface area is 203 Å². The van der Waals surface area contributed by atoms with E-state index in [1.807, 2.05) is 53.3 Å². The summed E-state index contributed by atoms with van der Waals surface area (Å²) in [6.07, 6.45) is 2.00. The smallest absolute Gasteiger partial charge is 0.269 e. The van der Waals surface area contributed by atoms with Gasteiger partial charge in [0.05, 0.1) is 29.3 Å². The maximum Gasteiger partial charge on any atom is 0.269 e. The lowest BCUT2D eigenvalue weighted by molar-refractivity contribution is -0.384. The molecule has 0 bridgehead atoms. The number of amides is 2. The van der Waals surface area contributed by atoms with E-state index in [2.05, 4.69) is 5.32 Å². The summed E-state index contributed by atoms with van der Waals surface area (Å²) in [7, 11) is 0. The number of carbonyl (C=O) groups is 2. The third-order valence-corrected chi connectivity index (χ3v) is 5.97. The van der Waals surface area contributed by atoms with Crippen molar-refractivity contribution in [3.05, 3.63) is 76.5 Å². The van der Waals surface area contributed by atoms with Crippen LogP contribution < -0.4 is 5.32 Å². The summed E-state index contributed by atoms with van der Waals surface area (Å²) in [6.45, 7) is 5.22. The van der Waals surface area contributed by atoms with Crippen molar-refractivity contribution >= 4 is 17.5 Å². The van der Waals surface area contributed by atoms with Gasteiger partial charge in [-0.2, -0.15) is 5.10 Å². The molecule has 1 saturated heterocycles. The van der Waals surface area contributed by atoms with Gasteiger partial charge in [0.15, 0.2) is 0 Å². The van der Waals surface area contributed by atoms with Gasteiger partial charge in [-0.1, -0.05) is 18.2 Å². The van der Waals surface area contributed by atoms with Crippen LogP contribution in [0.2, 0.25) is 0 Å². The zero-order chi connectivity index (χ0) is 24.8. The second-order valence-corrected chi connectivity index (χ2v) is 8.37. The summed E-state index contributed by atoms with van der Waals surface area (Å²) in [5.41, 5.74) is 2.93. The van der Waals surface area contributed by atoms with Gasteiger partial charge in [0, 0.05) is 62.2 Å². The number of benzene rings is 2. The molecule has 1 aromatic heterocycles. The van der Waals surface area contributed by atoms with E-state index in [4.69, 9.17) is 5.10 Å². The summed E-state index contributed by atoms with van der Waals surface area (Å²) < 4.78 is 1.73. The Morgan fingerprint density at radius 1 is 1.03 bits per heavy atom. The molecule has 2 aromatic carbocycles. The Balaban J connectivity index is 1.51. The third-order valence-electron chi connectivity index (χ3n) is 5.97. The lowest BCUT2D eigenvalue weighted by atomic mass is 10.0. The molecule has 182 valence electrons. The number of aromatic nitrogens is 2. The van der Waals surface area contributed by atoms with Crippen LogP contribution in [0.4, 0.5) is 5.69 Å². The average Bonchev–Trinajstić information content (AvgIpc) is 3.29. The molecule has 1 aliphatic heterocycles. The summed E-state index contributed by atoms with van der Waals surface area (Å²) in [5, 5.41) is 18.6. The van der Waals surface area contributed by atoms with Crippen LogP contribution in [0.5, 0.6) is 0 Å². The van der Waals surface area contributed by atoms with E-state index >= 15 is 0 Å². The SMILES string of the molecule is CCNC(=O)CN1CCN(C(=O)Cc2cn(-c3ccccc3)nc2-c2ccc([N+](=O)[O-])cc2)CC1. The molecule has 2 heterocycles. The Morgan fingerprint density at radius 2 is 1.71 bits per heavy atom. The summed E-state index contributed by atoms with van der Waals surface area (Å²) in [5.74, 6) is -0.0215. The first kappa shape index (κ1) is 24.1. The molecule has 3 aromatic rings. The van der Waals surface area contributed by atoms with E-state index in [0.717, 1.165) is 11.3 Å². The predicted octanol–water partition coefficient (Wildman–Crippen LogP) is 2.27. The van der Waals surface area contributed by atoms with Gasteiger partial charge in [-0.25, -0.2) is 4.68 Å². The summed E-state index contributed by atoms with van der Waals surface area (Å²) in [6, 6.07) is 15.8. The van der Waals surface area contributed by atoms with Crippen molar-refractivity contribution in [1.82, 2.24) is 24.9 Å². The molecule has 1 fully saturated rings. The Morgan fingerprint density at radius 3 is 2.34 bits per heavy atom. The van der Waals surface area contributed by atoms with Crippen molar-refractivity contribution in [3.63, 3.8) is 0 Å². The largest absolute Gasteiger partial charge is 0.355 e.